The largest absolute Gasteiger partial charge is 0.469 e. The molecule has 1 fully saturated rings. The van der Waals surface area contributed by atoms with Crippen molar-refractivity contribution in [3.63, 3.8) is 0 Å². The zero-order valence-electron chi connectivity index (χ0n) is 9.82. The molecule has 0 aliphatic heterocycles. The molecular formula is C9H18N2O4S. The van der Waals surface area contributed by atoms with E-state index in [1.807, 2.05) is 6.92 Å². The molecule has 1 aliphatic carbocycles. The lowest BCUT2D eigenvalue weighted by Crippen LogP contribution is -2.44. The minimum atomic E-state index is -3.48. The van der Waals surface area contributed by atoms with Crippen LogP contribution in [0.2, 0.25) is 0 Å². The lowest BCUT2D eigenvalue weighted by molar-refractivity contribution is -0.140. The Bertz CT molecular complexity index is 362. The van der Waals surface area contributed by atoms with Crippen LogP contribution in [0.3, 0.4) is 0 Å². The lowest BCUT2D eigenvalue weighted by atomic mass is 10.4. The summed E-state index contributed by atoms with van der Waals surface area (Å²) < 4.78 is 31.7. The number of ether oxygens (including phenoxy) is 1. The number of nitrogens with zero attached hydrogens (tertiary/aromatic N) is 1. The molecule has 0 heterocycles. The first kappa shape index (κ1) is 13.4. The van der Waals surface area contributed by atoms with Gasteiger partial charge in [0.05, 0.1) is 13.5 Å². The van der Waals surface area contributed by atoms with Crippen molar-refractivity contribution in [2.24, 2.45) is 0 Å². The third-order valence-corrected chi connectivity index (χ3v) is 4.40. The lowest BCUT2D eigenvalue weighted by Gasteiger charge is -2.20. The highest BCUT2D eigenvalue weighted by atomic mass is 32.2. The molecule has 0 amide bonds. The molecule has 1 aliphatic rings. The first-order valence-electron chi connectivity index (χ1n) is 5.11. The Kier molecular flexibility index (Phi) is 3.92. The number of hydrogen-bond donors (Lipinski definition) is 1. The molecule has 1 N–H and O–H groups in total. The van der Waals surface area contributed by atoms with E-state index in [9.17, 15) is 13.2 Å². The molecule has 0 aromatic rings. The van der Waals surface area contributed by atoms with Crippen LogP contribution in [0.25, 0.3) is 0 Å². The minimum absolute atomic E-state index is 0.0601. The van der Waals surface area contributed by atoms with Crippen molar-refractivity contribution in [1.82, 2.24) is 9.03 Å². The van der Waals surface area contributed by atoms with Crippen molar-refractivity contribution in [3.8, 4) is 0 Å². The van der Waals surface area contributed by atoms with Crippen LogP contribution in [0, 0.1) is 0 Å². The smallest absolute Gasteiger partial charge is 0.306 e. The van der Waals surface area contributed by atoms with Gasteiger partial charge in [-0.15, -0.1) is 0 Å². The average Bonchev–Trinajstić information content (AvgIpc) is 2.90. The summed E-state index contributed by atoms with van der Waals surface area (Å²) >= 11 is 0. The number of carbonyl (C=O) groups excluding carboxylic acids is 1. The molecule has 0 atom stereocenters. The van der Waals surface area contributed by atoms with E-state index in [1.165, 1.54) is 14.2 Å². The summed E-state index contributed by atoms with van der Waals surface area (Å²) in [6.45, 7) is 1.98. The van der Waals surface area contributed by atoms with Gasteiger partial charge >= 0.3 is 5.97 Å². The fraction of sp³-hybridized carbons (Fsp3) is 0.889. The Hall–Kier alpha value is -0.660. The Labute approximate surface area is 96.1 Å². The van der Waals surface area contributed by atoms with Crippen LogP contribution in [0.1, 0.15) is 26.2 Å². The van der Waals surface area contributed by atoms with Gasteiger partial charge in [0.25, 0.3) is 10.2 Å². The normalized spacial score (nSPS) is 18.5. The molecular weight excluding hydrogens is 232 g/mol. The first-order chi connectivity index (χ1) is 7.29. The van der Waals surface area contributed by atoms with Gasteiger partial charge in [0.15, 0.2) is 0 Å². The Morgan fingerprint density at radius 2 is 2.06 bits per heavy atom. The summed E-state index contributed by atoms with van der Waals surface area (Å²) in [6, 6.07) is 0. The number of nitrogens with one attached hydrogen (secondary N) is 1. The third kappa shape index (κ3) is 3.73. The van der Waals surface area contributed by atoms with E-state index in [0.717, 1.165) is 17.1 Å². The summed E-state index contributed by atoms with van der Waals surface area (Å²) in [5.74, 6) is -0.417. The van der Waals surface area contributed by atoms with Crippen molar-refractivity contribution < 1.29 is 17.9 Å². The maximum Gasteiger partial charge on any atom is 0.306 e. The van der Waals surface area contributed by atoms with E-state index < -0.39 is 16.2 Å². The predicted octanol–water partition coefficient (Wildman–Crippen LogP) is -0.132. The maximum absolute atomic E-state index is 11.7. The number of rotatable bonds is 6. The zero-order valence-corrected chi connectivity index (χ0v) is 10.6. The molecule has 1 saturated carbocycles. The minimum Gasteiger partial charge on any atom is -0.469 e. The van der Waals surface area contributed by atoms with Gasteiger partial charge < -0.3 is 4.74 Å². The Morgan fingerprint density at radius 3 is 2.50 bits per heavy atom. The van der Waals surface area contributed by atoms with Crippen molar-refractivity contribution in [2.75, 3.05) is 20.7 Å². The number of methoxy groups -OCH3 is 1. The maximum atomic E-state index is 11.7. The number of hydrogen-bond acceptors (Lipinski definition) is 4. The van der Waals surface area contributed by atoms with Crippen molar-refractivity contribution in [3.05, 3.63) is 0 Å². The molecule has 6 nitrogen and oxygen atoms in total. The highest BCUT2D eigenvalue weighted by Gasteiger charge is 2.41. The first-order valence-corrected chi connectivity index (χ1v) is 6.55. The summed E-state index contributed by atoms with van der Waals surface area (Å²) in [5, 5.41) is 0. The molecule has 0 aromatic carbocycles. The van der Waals surface area contributed by atoms with Crippen LogP contribution in [0.5, 0.6) is 0 Å². The van der Waals surface area contributed by atoms with E-state index in [2.05, 4.69) is 9.46 Å². The standard InChI is InChI=1S/C9H18N2O4S/c1-9(5-6-9)10-16(13,14)11(2)7-4-8(12)15-3/h10H,4-7H2,1-3H3. The highest BCUT2D eigenvalue weighted by molar-refractivity contribution is 7.87. The van der Waals surface area contributed by atoms with Gasteiger partial charge in [-0.05, 0) is 19.8 Å². The quantitative estimate of drug-likeness (QED) is 0.666. The van der Waals surface area contributed by atoms with E-state index in [0.29, 0.717) is 0 Å². The van der Waals surface area contributed by atoms with E-state index >= 15 is 0 Å². The summed E-state index contributed by atoms with van der Waals surface area (Å²) in [6.07, 6.45) is 1.78. The second kappa shape index (κ2) is 4.68. The van der Waals surface area contributed by atoms with Crippen LogP contribution < -0.4 is 4.72 Å². The summed E-state index contributed by atoms with van der Waals surface area (Å²) in [5.41, 5.74) is -0.293. The van der Waals surface area contributed by atoms with Crippen LogP contribution in [0.4, 0.5) is 0 Å². The summed E-state index contributed by atoms with van der Waals surface area (Å²) in [7, 11) is -0.764. The number of esters is 1. The summed E-state index contributed by atoms with van der Waals surface area (Å²) in [4.78, 5) is 10.9. The zero-order chi connectivity index (χ0) is 12.4. The predicted molar refractivity (Wildman–Crippen MR) is 59.0 cm³/mol. The van der Waals surface area contributed by atoms with Crippen molar-refractivity contribution in [2.45, 2.75) is 31.7 Å². The van der Waals surface area contributed by atoms with E-state index in [-0.39, 0.29) is 18.5 Å². The van der Waals surface area contributed by atoms with Crippen LogP contribution >= 0.6 is 0 Å². The van der Waals surface area contributed by atoms with Gasteiger partial charge in [-0.25, -0.2) is 0 Å². The average molecular weight is 250 g/mol. The van der Waals surface area contributed by atoms with Crippen LogP contribution in [0.15, 0.2) is 0 Å². The molecule has 0 aromatic heterocycles. The molecule has 1 rings (SSSR count). The van der Waals surface area contributed by atoms with E-state index in [4.69, 9.17) is 0 Å². The van der Waals surface area contributed by atoms with Gasteiger partial charge in [0.2, 0.25) is 0 Å². The molecule has 0 bridgehead atoms. The fourth-order valence-electron chi connectivity index (χ4n) is 1.15. The van der Waals surface area contributed by atoms with Gasteiger partial charge in [-0.3, -0.25) is 4.79 Å². The second-order valence-corrected chi connectivity index (χ2v) is 6.09. The molecule has 0 saturated heterocycles. The topological polar surface area (TPSA) is 75.7 Å². The van der Waals surface area contributed by atoms with Crippen LogP contribution in [-0.4, -0.2) is 44.9 Å². The molecule has 94 valence electrons. The van der Waals surface area contributed by atoms with E-state index in [1.54, 1.807) is 0 Å². The van der Waals surface area contributed by atoms with Crippen molar-refractivity contribution >= 4 is 16.2 Å². The highest BCUT2D eigenvalue weighted by Crippen LogP contribution is 2.35. The fourth-order valence-corrected chi connectivity index (χ4v) is 2.46. The molecule has 0 radical (unpaired) electrons. The molecule has 16 heavy (non-hydrogen) atoms. The Morgan fingerprint density at radius 1 is 1.50 bits per heavy atom. The number of carbonyl (C=O) groups is 1. The monoisotopic (exact) mass is 250 g/mol. The second-order valence-electron chi connectivity index (χ2n) is 4.32. The van der Waals surface area contributed by atoms with Crippen molar-refractivity contribution in [1.29, 1.82) is 0 Å². The van der Waals surface area contributed by atoms with Gasteiger partial charge in [-0.1, -0.05) is 0 Å². The Balaban J connectivity index is 2.45. The molecule has 7 heteroatoms. The van der Waals surface area contributed by atoms with Gasteiger partial charge in [-0.2, -0.15) is 17.4 Å². The van der Waals surface area contributed by atoms with Crippen LogP contribution in [-0.2, 0) is 19.7 Å². The SMILES string of the molecule is COC(=O)CCN(C)S(=O)(=O)NC1(C)CC1. The van der Waals surface area contributed by atoms with Gasteiger partial charge in [0, 0.05) is 19.1 Å². The molecule has 0 unspecified atom stereocenters. The van der Waals surface area contributed by atoms with Gasteiger partial charge in [0.1, 0.15) is 0 Å². The molecule has 0 spiro atoms. The third-order valence-electron chi connectivity index (χ3n) is 2.64.